The molecule has 78 valence electrons. The van der Waals surface area contributed by atoms with Gasteiger partial charge in [-0.15, -0.1) is 0 Å². The van der Waals surface area contributed by atoms with E-state index in [1.54, 1.807) is 0 Å². The Morgan fingerprint density at radius 3 is 2.46 bits per heavy atom. The van der Waals surface area contributed by atoms with Gasteiger partial charge >= 0.3 is 5.97 Å². The SMILES string of the molecule is COC(=O)CC(C)NOCC(C)C. The highest BCUT2D eigenvalue weighted by Gasteiger charge is 2.08. The third-order valence-electron chi connectivity index (χ3n) is 1.40. The molecule has 0 aromatic rings. The Hall–Kier alpha value is -0.610. The highest BCUT2D eigenvalue weighted by molar-refractivity contribution is 5.69. The average molecular weight is 189 g/mol. The standard InChI is InChI=1S/C9H19NO3/c1-7(2)6-13-10-8(3)5-9(11)12-4/h7-8,10H,5-6H2,1-4H3. The van der Waals surface area contributed by atoms with Crippen LogP contribution in [0.3, 0.4) is 0 Å². The van der Waals surface area contributed by atoms with Gasteiger partial charge in [-0.2, -0.15) is 5.48 Å². The number of carbonyl (C=O) groups is 1. The zero-order valence-electron chi connectivity index (χ0n) is 8.79. The van der Waals surface area contributed by atoms with Crippen LogP contribution < -0.4 is 5.48 Å². The minimum atomic E-state index is -0.229. The summed E-state index contributed by atoms with van der Waals surface area (Å²) in [6.07, 6.45) is 0.328. The molecule has 0 aliphatic carbocycles. The normalized spacial score (nSPS) is 13.0. The van der Waals surface area contributed by atoms with Gasteiger partial charge in [-0.3, -0.25) is 4.79 Å². The van der Waals surface area contributed by atoms with Gasteiger partial charge < -0.3 is 9.57 Å². The molecule has 4 heteroatoms. The van der Waals surface area contributed by atoms with E-state index in [0.29, 0.717) is 18.9 Å². The molecule has 0 fully saturated rings. The fraction of sp³-hybridized carbons (Fsp3) is 0.889. The van der Waals surface area contributed by atoms with Crippen molar-refractivity contribution in [2.75, 3.05) is 13.7 Å². The van der Waals surface area contributed by atoms with E-state index in [9.17, 15) is 4.79 Å². The third-order valence-corrected chi connectivity index (χ3v) is 1.40. The first kappa shape index (κ1) is 12.4. The number of esters is 1. The van der Waals surface area contributed by atoms with E-state index in [1.165, 1.54) is 7.11 Å². The Balaban J connectivity index is 3.40. The molecule has 0 rings (SSSR count). The Kier molecular flexibility index (Phi) is 6.54. The molecule has 0 aliphatic rings. The van der Waals surface area contributed by atoms with E-state index < -0.39 is 0 Å². The van der Waals surface area contributed by atoms with Crippen molar-refractivity contribution in [3.05, 3.63) is 0 Å². The predicted molar refractivity (Wildman–Crippen MR) is 50.0 cm³/mol. The second-order valence-electron chi connectivity index (χ2n) is 3.50. The number of hydroxylamine groups is 1. The summed E-state index contributed by atoms with van der Waals surface area (Å²) in [6.45, 7) is 6.64. The van der Waals surface area contributed by atoms with Crippen molar-refractivity contribution in [1.29, 1.82) is 0 Å². The van der Waals surface area contributed by atoms with Crippen LogP contribution in [0, 0.1) is 5.92 Å². The highest BCUT2D eigenvalue weighted by Crippen LogP contribution is 1.95. The molecule has 0 saturated heterocycles. The van der Waals surface area contributed by atoms with Gasteiger partial charge in [0.1, 0.15) is 0 Å². The number of carbonyl (C=O) groups excluding carboxylic acids is 1. The zero-order chi connectivity index (χ0) is 10.3. The predicted octanol–water partition coefficient (Wildman–Crippen LogP) is 1.12. The van der Waals surface area contributed by atoms with Crippen molar-refractivity contribution in [3.63, 3.8) is 0 Å². The van der Waals surface area contributed by atoms with Gasteiger partial charge in [-0.25, -0.2) is 0 Å². The molecule has 0 spiro atoms. The molecule has 1 atom stereocenters. The molecule has 13 heavy (non-hydrogen) atoms. The number of methoxy groups -OCH3 is 1. The second-order valence-corrected chi connectivity index (χ2v) is 3.50. The molecule has 0 aromatic carbocycles. The number of ether oxygens (including phenoxy) is 1. The van der Waals surface area contributed by atoms with E-state index in [4.69, 9.17) is 4.84 Å². The lowest BCUT2D eigenvalue weighted by atomic mass is 10.2. The smallest absolute Gasteiger partial charge is 0.307 e. The number of rotatable bonds is 6. The van der Waals surface area contributed by atoms with Crippen LogP contribution >= 0.6 is 0 Å². The third kappa shape index (κ3) is 7.74. The summed E-state index contributed by atoms with van der Waals surface area (Å²) in [5.74, 6) is 0.256. The molecule has 0 radical (unpaired) electrons. The number of hydrogen-bond donors (Lipinski definition) is 1. The van der Waals surface area contributed by atoms with Crippen LogP contribution in [0.4, 0.5) is 0 Å². The topological polar surface area (TPSA) is 47.6 Å². The summed E-state index contributed by atoms with van der Waals surface area (Å²) in [5.41, 5.74) is 2.78. The summed E-state index contributed by atoms with van der Waals surface area (Å²) in [5, 5.41) is 0. The van der Waals surface area contributed by atoms with Crippen LogP contribution in [0.25, 0.3) is 0 Å². The molecule has 4 nitrogen and oxygen atoms in total. The van der Waals surface area contributed by atoms with Crippen molar-refractivity contribution in [2.24, 2.45) is 5.92 Å². The van der Waals surface area contributed by atoms with Crippen LogP contribution in [-0.4, -0.2) is 25.7 Å². The van der Waals surface area contributed by atoms with Crippen molar-refractivity contribution in [1.82, 2.24) is 5.48 Å². The monoisotopic (exact) mass is 189 g/mol. The molecular formula is C9H19NO3. The summed E-state index contributed by atoms with van der Waals surface area (Å²) < 4.78 is 4.51. The van der Waals surface area contributed by atoms with E-state index in [1.807, 2.05) is 6.92 Å². The first-order valence-electron chi connectivity index (χ1n) is 4.50. The quantitative estimate of drug-likeness (QED) is 0.502. The van der Waals surface area contributed by atoms with E-state index in [2.05, 4.69) is 24.1 Å². The van der Waals surface area contributed by atoms with Crippen molar-refractivity contribution < 1.29 is 14.4 Å². The van der Waals surface area contributed by atoms with Gasteiger partial charge in [-0.05, 0) is 12.8 Å². The first-order valence-corrected chi connectivity index (χ1v) is 4.50. The Morgan fingerprint density at radius 2 is 2.00 bits per heavy atom. The molecule has 0 aliphatic heterocycles. The first-order chi connectivity index (χ1) is 6.06. The number of hydrogen-bond acceptors (Lipinski definition) is 4. The van der Waals surface area contributed by atoms with Gasteiger partial charge in [0.15, 0.2) is 0 Å². The average Bonchev–Trinajstić information content (AvgIpc) is 2.03. The van der Waals surface area contributed by atoms with Crippen molar-refractivity contribution in [2.45, 2.75) is 33.2 Å². The largest absolute Gasteiger partial charge is 0.469 e. The second kappa shape index (κ2) is 6.86. The lowest BCUT2D eigenvalue weighted by Crippen LogP contribution is -2.30. The molecule has 1 unspecified atom stereocenters. The maximum atomic E-state index is 10.8. The van der Waals surface area contributed by atoms with Crippen molar-refractivity contribution in [3.8, 4) is 0 Å². The van der Waals surface area contributed by atoms with E-state index in [0.717, 1.165) is 0 Å². The summed E-state index contributed by atoms with van der Waals surface area (Å²) in [4.78, 5) is 15.9. The highest BCUT2D eigenvalue weighted by atomic mass is 16.6. The number of nitrogens with one attached hydrogen (secondary N) is 1. The lowest BCUT2D eigenvalue weighted by Gasteiger charge is -2.13. The van der Waals surface area contributed by atoms with Gasteiger partial charge in [0.25, 0.3) is 0 Å². The molecule has 0 heterocycles. The summed E-state index contributed by atoms with van der Waals surface area (Å²) in [7, 11) is 1.38. The molecule has 0 amide bonds. The molecule has 0 saturated carbocycles. The molecule has 1 N–H and O–H groups in total. The Labute approximate surface area is 79.6 Å². The van der Waals surface area contributed by atoms with Crippen LogP contribution in [0.1, 0.15) is 27.2 Å². The fourth-order valence-electron chi connectivity index (χ4n) is 0.732. The summed E-state index contributed by atoms with van der Waals surface area (Å²) >= 11 is 0. The maximum Gasteiger partial charge on any atom is 0.307 e. The van der Waals surface area contributed by atoms with Gasteiger partial charge in [0.05, 0.1) is 20.1 Å². The minimum absolute atomic E-state index is 0.00815. The van der Waals surface area contributed by atoms with Crippen LogP contribution in [0.15, 0.2) is 0 Å². The van der Waals surface area contributed by atoms with Crippen molar-refractivity contribution >= 4 is 5.97 Å². The maximum absolute atomic E-state index is 10.8. The minimum Gasteiger partial charge on any atom is -0.469 e. The van der Waals surface area contributed by atoms with E-state index in [-0.39, 0.29) is 12.0 Å². The zero-order valence-corrected chi connectivity index (χ0v) is 8.79. The van der Waals surface area contributed by atoms with Crippen LogP contribution in [0.2, 0.25) is 0 Å². The fourth-order valence-corrected chi connectivity index (χ4v) is 0.732. The lowest BCUT2D eigenvalue weighted by molar-refractivity contribution is -0.142. The van der Waals surface area contributed by atoms with Gasteiger partial charge in [0.2, 0.25) is 0 Å². The van der Waals surface area contributed by atoms with E-state index >= 15 is 0 Å². The summed E-state index contributed by atoms with van der Waals surface area (Å²) in [6, 6.07) is -0.00815. The molecule has 0 bridgehead atoms. The molecular weight excluding hydrogens is 170 g/mol. The van der Waals surface area contributed by atoms with Crippen LogP contribution in [0.5, 0.6) is 0 Å². The van der Waals surface area contributed by atoms with Gasteiger partial charge in [0, 0.05) is 6.04 Å². The Morgan fingerprint density at radius 1 is 1.38 bits per heavy atom. The van der Waals surface area contributed by atoms with Gasteiger partial charge in [-0.1, -0.05) is 13.8 Å². The molecule has 0 aromatic heterocycles. The Bertz CT molecular complexity index is 148. The van der Waals surface area contributed by atoms with Crippen LogP contribution in [-0.2, 0) is 14.4 Å².